The van der Waals surface area contributed by atoms with Crippen molar-refractivity contribution in [3.05, 3.63) is 73.3 Å². The Morgan fingerprint density at radius 1 is 0.783 bits per heavy atom. The fourth-order valence-corrected chi connectivity index (χ4v) is 2.95. The van der Waals surface area contributed by atoms with Crippen LogP contribution in [0.5, 0.6) is 0 Å². The third-order valence-corrected chi connectivity index (χ3v) is 4.02. The fraction of sp³-hybridized carbons (Fsp3) is 0. The van der Waals surface area contributed by atoms with Crippen molar-refractivity contribution >= 4 is 28.0 Å². The standard InChI is InChI=1S/C16H9N3O4/c17-12-10-8(5-9-11(12)16(23)19-18-15(9)22)13(20)6-3-1-2-4-7(6)14(10)21/h1-5H,17H2,(H,18,22)(H,19,23). The Bertz CT molecular complexity index is 1150. The maximum atomic E-state index is 12.7. The van der Waals surface area contributed by atoms with Gasteiger partial charge < -0.3 is 5.73 Å². The molecule has 0 saturated carbocycles. The largest absolute Gasteiger partial charge is 0.397 e. The predicted molar refractivity (Wildman–Crippen MR) is 82.9 cm³/mol. The number of rotatable bonds is 0. The predicted octanol–water partition coefficient (Wildman–Crippen LogP) is 0.574. The van der Waals surface area contributed by atoms with E-state index in [-0.39, 0.29) is 38.7 Å². The number of ketones is 2. The van der Waals surface area contributed by atoms with Gasteiger partial charge in [0.2, 0.25) is 0 Å². The van der Waals surface area contributed by atoms with Gasteiger partial charge in [-0.3, -0.25) is 29.4 Å². The summed E-state index contributed by atoms with van der Waals surface area (Å²) in [6.07, 6.45) is 0. The van der Waals surface area contributed by atoms with Crippen molar-refractivity contribution in [2.75, 3.05) is 5.73 Å². The van der Waals surface area contributed by atoms with Crippen molar-refractivity contribution < 1.29 is 9.59 Å². The number of nitrogen functional groups attached to an aromatic ring is 1. The average Bonchev–Trinajstić information content (AvgIpc) is 2.55. The van der Waals surface area contributed by atoms with Crippen molar-refractivity contribution in [1.82, 2.24) is 10.2 Å². The van der Waals surface area contributed by atoms with Crippen LogP contribution in [-0.4, -0.2) is 21.8 Å². The average molecular weight is 307 g/mol. The summed E-state index contributed by atoms with van der Waals surface area (Å²) in [5.41, 5.74) is 5.10. The van der Waals surface area contributed by atoms with Gasteiger partial charge in [-0.05, 0) is 6.07 Å². The summed E-state index contributed by atoms with van der Waals surface area (Å²) in [5.74, 6) is -0.835. The number of nitrogens with one attached hydrogen (secondary N) is 2. The quantitative estimate of drug-likeness (QED) is 0.409. The van der Waals surface area contributed by atoms with E-state index in [0.29, 0.717) is 0 Å². The van der Waals surface area contributed by atoms with Gasteiger partial charge in [0.25, 0.3) is 11.1 Å². The molecule has 23 heavy (non-hydrogen) atoms. The Balaban J connectivity index is 2.22. The van der Waals surface area contributed by atoms with Gasteiger partial charge in [-0.1, -0.05) is 24.3 Å². The lowest BCUT2D eigenvalue weighted by molar-refractivity contribution is 0.0980. The number of anilines is 1. The van der Waals surface area contributed by atoms with Crippen LogP contribution in [0.4, 0.5) is 5.69 Å². The van der Waals surface area contributed by atoms with Crippen molar-refractivity contribution in [2.45, 2.75) is 0 Å². The Hall–Kier alpha value is -3.48. The number of carbonyl (C=O) groups excluding carboxylic acids is 2. The van der Waals surface area contributed by atoms with Gasteiger partial charge in [0.15, 0.2) is 11.6 Å². The van der Waals surface area contributed by atoms with E-state index in [9.17, 15) is 19.2 Å². The molecule has 4 N–H and O–H groups in total. The summed E-state index contributed by atoms with van der Waals surface area (Å²) in [7, 11) is 0. The smallest absolute Gasteiger partial charge is 0.272 e. The first kappa shape index (κ1) is 13.2. The van der Waals surface area contributed by atoms with Gasteiger partial charge >= 0.3 is 0 Å². The monoisotopic (exact) mass is 307 g/mol. The molecule has 1 aromatic heterocycles. The van der Waals surface area contributed by atoms with E-state index in [2.05, 4.69) is 10.2 Å². The van der Waals surface area contributed by atoms with Crippen molar-refractivity contribution in [3.63, 3.8) is 0 Å². The normalized spacial score (nSPS) is 13.0. The van der Waals surface area contributed by atoms with Crippen LogP contribution in [0.15, 0.2) is 39.9 Å². The molecule has 0 amide bonds. The van der Waals surface area contributed by atoms with Gasteiger partial charge in [0.05, 0.1) is 22.0 Å². The van der Waals surface area contributed by atoms with Crippen LogP contribution < -0.4 is 16.9 Å². The Labute approximate surface area is 127 Å². The molecule has 7 heteroatoms. The second-order valence-electron chi connectivity index (χ2n) is 5.25. The lowest BCUT2D eigenvalue weighted by Gasteiger charge is -2.19. The van der Waals surface area contributed by atoms with E-state index in [4.69, 9.17) is 5.73 Å². The molecular formula is C16H9N3O4. The maximum Gasteiger partial charge on any atom is 0.272 e. The molecule has 1 heterocycles. The number of hydrogen-bond acceptors (Lipinski definition) is 5. The van der Waals surface area contributed by atoms with Gasteiger partial charge in [0.1, 0.15) is 0 Å². The highest BCUT2D eigenvalue weighted by atomic mass is 16.2. The summed E-state index contributed by atoms with van der Waals surface area (Å²) in [5, 5.41) is 4.23. The number of carbonyl (C=O) groups is 2. The van der Waals surface area contributed by atoms with Gasteiger partial charge in [-0.15, -0.1) is 0 Å². The van der Waals surface area contributed by atoms with Crippen molar-refractivity contribution in [2.24, 2.45) is 0 Å². The molecule has 7 nitrogen and oxygen atoms in total. The summed E-state index contributed by atoms with van der Waals surface area (Å²) < 4.78 is 0. The molecule has 0 radical (unpaired) electrons. The Morgan fingerprint density at radius 2 is 1.39 bits per heavy atom. The Morgan fingerprint density at radius 3 is 2.09 bits per heavy atom. The Kier molecular flexibility index (Phi) is 2.45. The molecule has 112 valence electrons. The molecule has 0 fully saturated rings. The number of nitrogens with two attached hydrogens (primary N) is 1. The van der Waals surface area contributed by atoms with Crippen molar-refractivity contribution in [3.8, 4) is 0 Å². The van der Waals surface area contributed by atoms with E-state index in [0.717, 1.165) is 0 Å². The molecular weight excluding hydrogens is 298 g/mol. The first-order valence-electron chi connectivity index (χ1n) is 6.76. The highest BCUT2D eigenvalue weighted by molar-refractivity contribution is 6.32. The number of benzene rings is 2. The number of hydrogen-bond donors (Lipinski definition) is 3. The molecule has 2 aromatic carbocycles. The van der Waals surface area contributed by atoms with E-state index in [1.165, 1.54) is 12.1 Å². The SMILES string of the molecule is Nc1c2c(cc3c(=O)[nH][nH]c(=O)c13)C(=O)c1ccccc1C2=O. The molecule has 1 aliphatic carbocycles. The highest BCUT2D eigenvalue weighted by Crippen LogP contribution is 2.33. The molecule has 4 rings (SSSR count). The second-order valence-corrected chi connectivity index (χ2v) is 5.25. The number of aromatic amines is 2. The number of H-pyrrole nitrogens is 2. The lowest BCUT2D eigenvalue weighted by Crippen LogP contribution is -2.26. The minimum absolute atomic E-state index is 0.0227. The van der Waals surface area contributed by atoms with Crippen LogP contribution in [0.25, 0.3) is 10.8 Å². The molecule has 0 atom stereocenters. The van der Waals surface area contributed by atoms with Gasteiger partial charge in [-0.2, -0.15) is 0 Å². The molecule has 0 spiro atoms. The molecule has 0 saturated heterocycles. The van der Waals surface area contributed by atoms with Gasteiger partial charge in [-0.25, -0.2) is 0 Å². The third kappa shape index (κ3) is 1.58. The van der Waals surface area contributed by atoms with Crippen LogP contribution in [-0.2, 0) is 0 Å². The molecule has 3 aromatic rings. The topological polar surface area (TPSA) is 126 Å². The van der Waals surface area contributed by atoms with Crippen LogP contribution in [0.2, 0.25) is 0 Å². The second kappa shape index (κ2) is 4.26. The van der Waals surface area contributed by atoms with Crippen LogP contribution in [0.3, 0.4) is 0 Å². The highest BCUT2D eigenvalue weighted by Gasteiger charge is 2.32. The maximum absolute atomic E-state index is 12.7. The first-order chi connectivity index (χ1) is 11.0. The minimum Gasteiger partial charge on any atom is -0.397 e. The van der Waals surface area contributed by atoms with E-state index < -0.39 is 22.7 Å². The molecule has 0 aliphatic heterocycles. The van der Waals surface area contributed by atoms with E-state index >= 15 is 0 Å². The van der Waals surface area contributed by atoms with Crippen LogP contribution in [0.1, 0.15) is 31.8 Å². The van der Waals surface area contributed by atoms with Gasteiger partial charge in [0, 0.05) is 16.7 Å². The zero-order valence-corrected chi connectivity index (χ0v) is 11.6. The first-order valence-corrected chi connectivity index (χ1v) is 6.76. The zero-order valence-electron chi connectivity index (χ0n) is 11.6. The molecule has 0 unspecified atom stereocenters. The van der Waals surface area contributed by atoms with Crippen LogP contribution >= 0.6 is 0 Å². The molecule has 0 bridgehead atoms. The summed E-state index contributed by atoms with van der Waals surface area (Å²) in [4.78, 5) is 49.2. The lowest BCUT2D eigenvalue weighted by atomic mass is 9.82. The summed E-state index contributed by atoms with van der Waals surface area (Å²) in [6, 6.07) is 7.62. The third-order valence-electron chi connectivity index (χ3n) is 4.02. The number of aromatic nitrogens is 2. The van der Waals surface area contributed by atoms with E-state index in [1.807, 2.05) is 0 Å². The van der Waals surface area contributed by atoms with Crippen molar-refractivity contribution in [1.29, 1.82) is 0 Å². The van der Waals surface area contributed by atoms with E-state index in [1.54, 1.807) is 18.2 Å². The van der Waals surface area contributed by atoms with Crippen LogP contribution in [0, 0.1) is 0 Å². The molecule has 1 aliphatic rings. The minimum atomic E-state index is -0.626. The zero-order chi connectivity index (χ0) is 16.3. The fourth-order valence-electron chi connectivity index (χ4n) is 2.95. The summed E-state index contributed by atoms with van der Waals surface area (Å²) in [6.45, 7) is 0. The number of fused-ring (bicyclic) bond motifs is 3. The summed E-state index contributed by atoms with van der Waals surface area (Å²) >= 11 is 0.